The lowest BCUT2D eigenvalue weighted by Gasteiger charge is -2.18. The lowest BCUT2D eigenvalue weighted by Crippen LogP contribution is -1.91. The maximum absolute atomic E-state index is 8.72. The summed E-state index contributed by atoms with van der Waals surface area (Å²) in [6.45, 7) is 0. The second kappa shape index (κ2) is 10.4. The second-order valence-electron chi connectivity index (χ2n) is 11.3. The molecule has 0 spiro atoms. The predicted octanol–water partition coefficient (Wildman–Crippen LogP) is 12.6. The Morgan fingerprint density at radius 1 is 0.378 bits per heavy atom. The number of hydrogen-bond donors (Lipinski definition) is 0. The summed E-state index contributed by atoms with van der Waals surface area (Å²) in [5.74, 6) is 0. The summed E-state index contributed by atoms with van der Waals surface area (Å²) in [6.07, 6.45) is 0. The van der Waals surface area contributed by atoms with Gasteiger partial charge in [0.05, 0.1) is 6.85 Å². The predicted molar refractivity (Wildman–Crippen MR) is 190 cm³/mol. The van der Waals surface area contributed by atoms with Gasteiger partial charge in [0, 0.05) is 10.8 Å². The smallest absolute Gasteiger partial charge is 0.136 e. The highest BCUT2D eigenvalue weighted by atomic mass is 16.3. The van der Waals surface area contributed by atoms with Gasteiger partial charge in [-0.25, -0.2) is 0 Å². The zero-order valence-corrected chi connectivity index (χ0v) is 24.2. The van der Waals surface area contributed by atoms with E-state index in [1.807, 2.05) is 18.2 Å². The van der Waals surface area contributed by atoms with E-state index in [0.29, 0.717) is 22.1 Å². The molecular weight excluding hydrogens is 544 g/mol. The van der Waals surface area contributed by atoms with Crippen LogP contribution in [0.1, 0.15) is 6.85 Å². The van der Waals surface area contributed by atoms with Crippen molar-refractivity contribution in [1.29, 1.82) is 0 Å². The third kappa shape index (κ3) is 4.17. The first kappa shape index (κ1) is 20.9. The van der Waals surface area contributed by atoms with Gasteiger partial charge in [0.2, 0.25) is 0 Å². The number of furan rings is 1. The van der Waals surface area contributed by atoms with Crippen LogP contribution in [0.2, 0.25) is 0 Å². The molecule has 1 heteroatoms. The lowest BCUT2D eigenvalue weighted by atomic mass is 9.85. The molecule has 45 heavy (non-hydrogen) atoms. The number of rotatable bonds is 4. The summed E-state index contributed by atoms with van der Waals surface area (Å²) in [5.41, 5.74) is 8.68. The highest BCUT2D eigenvalue weighted by Gasteiger charge is 2.19. The van der Waals surface area contributed by atoms with Crippen molar-refractivity contribution >= 4 is 43.5 Å². The Hall–Kier alpha value is -5.92. The quantitative estimate of drug-likeness (QED) is 0.190. The van der Waals surface area contributed by atoms with Crippen molar-refractivity contribution in [2.45, 2.75) is 0 Å². The van der Waals surface area contributed by atoms with Gasteiger partial charge in [-0.15, -0.1) is 0 Å². The Labute approximate surface area is 268 Å². The van der Waals surface area contributed by atoms with Crippen LogP contribution in [-0.4, -0.2) is 0 Å². The zero-order chi connectivity index (χ0) is 34.1. The average Bonchev–Trinajstić information content (AvgIpc) is 3.54. The Morgan fingerprint density at radius 2 is 0.956 bits per heavy atom. The Bertz CT molecular complexity index is 2730. The lowest BCUT2D eigenvalue weighted by molar-refractivity contribution is 0.669. The first-order valence-electron chi connectivity index (χ1n) is 17.5. The van der Waals surface area contributed by atoms with Crippen molar-refractivity contribution in [2.24, 2.45) is 0 Å². The molecule has 0 fully saturated rings. The summed E-state index contributed by atoms with van der Waals surface area (Å²) in [6, 6.07) is 46.3. The summed E-state index contributed by atoms with van der Waals surface area (Å²) in [5, 5.41) is 6.04. The minimum atomic E-state index is -0.413. The van der Waals surface area contributed by atoms with E-state index in [1.54, 1.807) is 12.1 Å². The van der Waals surface area contributed by atoms with E-state index in [-0.39, 0.29) is 29.7 Å². The molecule has 0 saturated heterocycles. The van der Waals surface area contributed by atoms with Crippen molar-refractivity contribution in [3.05, 3.63) is 170 Å². The third-order valence-corrected chi connectivity index (χ3v) is 8.74. The largest absolute Gasteiger partial charge is 0.456 e. The van der Waals surface area contributed by atoms with Crippen molar-refractivity contribution in [1.82, 2.24) is 0 Å². The van der Waals surface area contributed by atoms with Gasteiger partial charge < -0.3 is 4.42 Å². The van der Waals surface area contributed by atoms with Gasteiger partial charge in [-0.3, -0.25) is 0 Å². The minimum absolute atomic E-state index is 0.160. The van der Waals surface area contributed by atoms with Gasteiger partial charge in [-0.1, -0.05) is 145 Å². The van der Waals surface area contributed by atoms with E-state index in [0.717, 1.165) is 49.2 Å². The fraction of sp³-hybridized carbons (Fsp3) is 0. The highest BCUT2D eigenvalue weighted by Crippen LogP contribution is 2.46. The molecule has 0 bridgehead atoms. The van der Waals surface area contributed by atoms with E-state index in [2.05, 4.69) is 109 Å². The average molecular weight is 578 g/mol. The Kier molecular flexibility index (Phi) is 4.81. The van der Waals surface area contributed by atoms with E-state index >= 15 is 0 Å². The fourth-order valence-corrected chi connectivity index (χ4v) is 6.81. The molecule has 0 atom stereocenters. The maximum Gasteiger partial charge on any atom is 0.136 e. The van der Waals surface area contributed by atoms with Crippen LogP contribution in [0, 0.1) is 0 Å². The molecule has 0 radical (unpaired) electrons. The molecule has 9 aromatic rings. The molecule has 0 saturated carbocycles. The van der Waals surface area contributed by atoms with Crippen LogP contribution >= 0.6 is 0 Å². The zero-order valence-electron chi connectivity index (χ0n) is 29.2. The maximum atomic E-state index is 8.72. The molecule has 1 heterocycles. The van der Waals surface area contributed by atoms with Crippen LogP contribution in [0.25, 0.3) is 88.0 Å². The van der Waals surface area contributed by atoms with Crippen LogP contribution in [0.5, 0.6) is 0 Å². The van der Waals surface area contributed by atoms with Crippen LogP contribution in [0.4, 0.5) is 0 Å². The van der Waals surface area contributed by atoms with Crippen LogP contribution in [0.3, 0.4) is 0 Å². The molecule has 210 valence electrons. The summed E-state index contributed by atoms with van der Waals surface area (Å²) in [7, 11) is 0. The summed E-state index contributed by atoms with van der Waals surface area (Å²) < 4.78 is 48.5. The fourth-order valence-electron chi connectivity index (χ4n) is 6.81. The normalized spacial score (nSPS) is 13.1. The van der Waals surface area contributed by atoms with Crippen molar-refractivity contribution < 1.29 is 11.3 Å². The molecule has 0 unspecified atom stereocenters. The monoisotopic (exact) mass is 577 g/mol. The first-order chi connectivity index (χ1) is 24.4. The second-order valence-corrected chi connectivity index (χ2v) is 11.3. The third-order valence-electron chi connectivity index (χ3n) is 8.74. The number of hydrogen-bond acceptors (Lipinski definition) is 1. The van der Waals surface area contributed by atoms with Crippen molar-refractivity contribution in [3.63, 3.8) is 0 Å². The van der Waals surface area contributed by atoms with Gasteiger partial charge in [0.15, 0.2) is 0 Å². The minimum Gasteiger partial charge on any atom is -0.456 e. The molecule has 0 aliphatic carbocycles. The molecule has 0 N–H and O–H groups in total. The number of fused-ring (bicyclic) bond motifs is 5. The van der Waals surface area contributed by atoms with Crippen LogP contribution < -0.4 is 0 Å². The van der Waals surface area contributed by atoms with Gasteiger partial charge in [0.1, 0.15) is 11.2 Å². The molecule has 1 aromatic heterocycles. The standard InChI is InChI=1S/C44H28O/c1-3-13-29(14-4-1)31-17-11-18-32(27-31)42-35-19-7-9-21-37(35)43(38-22-10-8-20-36(38)42)33-25-26-40-39(28-33)44-34(23-12-24-41(44)45-40)30-15-5-2-6-16-30/h1-28H/i2D,5D,6D,15D,16D. The van der Waals surface area contributed by atoms with Gasteiger partial charge >= 0.3 is 0 Å². The molecular formula is C44H28O. The van der Waals surface area contributed by atoms with Gasteiger partial charge in [0.25, 0.3) is 0 Å². The summed E-state index contributed by atoms with van der Waals surface area (Å²) in [4.78, 5) is 0. The van der Waals surface area contributed by atoms with E-state index < -0.39 is 6.04 Å². The SMILES string of the molecule is [2H]c1c([2H])c([2H])c(-c2cccc3oc4ccc(-c5c6ccccc6c(-c6cccc(-c7ccccc7)c6)c6ccccc56)cc4c23)c([2H])c1[2H]. The molecule has 0 amide bonds. The van der Waals surface area contributed by atoms with Crippen LogP contribution in [-0.2, 0) is 0 Å². The first-order valence-corrected chi connectivity index (χ1v) is 15.0. The van der Waals surface area contributed by atoms with Gasteiger partial charge in [-0.05, 0) is 90.3 Å². The van der Waals surface area contributed by atoms with Crippen molar-refractivity contribution in [2.75, 3.05) is 0 Å². The summed E-state index contributed by atoms with van der Waals surface area (Å²) >= 11 is 0. The number of benzene rings is 8. The highest BCUT2D eigenvalue weighted by molar-refractivity contribution is 6.22. The molecule has 0 aliphatic rings. The molecule has 9 rings (SSSR count). The Morgan fingerprint density at radius 3 is 1.64 bits per heavy atom. The van der Waals surface area contributed by atoms with Gasteiger partial charge in [-0.2, -0.15) is 0 Å². The van der Waals surface area contributed by atoms with E-state index in [1.165, 1.54) is 11.1 Å². The Balaban J connectivity index is 1.32. The van der Waals surface area contributed by atoms with E-state index in [4.69, 9.17) is 11.3 Å². The molecule has 8 aromatic carbocycles. The van der Waals surface area contributed by atoms with Crippen LogP contribution in [0.15, 0.2) is 174 Å². The van der Waals surface area contributed by atoms with Crippen molar-refractivity contribution in [3.8, 4) is 44.5 Å². The molecule has 0 aliphatic heterocycles. The molecule has 1 nitrogen and oxygen atoms in total. The van der Waals surface area contributed by atoms with E-state index in [9.17, 15) is 0 Å². The topological polar surface area (TPSA) is 13.1 Å².